The van der Waals surface area contributed by atoms with Gasteiger partial charge in [-0.3, -0.25) is 9.59 Å². The summed E-state index contributed by atoms with van der Waals surface area (Å²) in [4.78, 5) is 28.3. The van der Waals surface area contributed by atoms with Gasteiger partial charge in [-0.1, -0.05) is 26.2 Å². The Bertz CT molecular complexity index is 852. The third-order valence-corrected chi connectivity index (χ3v) is 7.98. The van der Waals surface area contributed by atoms with Crippen LogP contribution in [0.3, 0.4) is 0 Å². The molecule has 1 heterocycles. The van der Waals surface area contributed by atoms with Crippen molar-refractivity contribution >= 4 is 17.5 Å². The van der Waals surface area contributed by atoms with Crippen molar-refractivity contribution in [2.45, 2.75) is 77.3 Å². The van der Waals surface area contributed by atoms with Crippen molar-refractivity contribution in [2.24, 2.45) is 17.6 Å². The zero-order valence-electron chi connectivity index (χ0n) is 21.7. The van der Waals surface area contributed by atoms with E-state index < -0.39 is 0 Å². The molecule has 0 radical (unpaired) electrons. The SMILES string of the molecule is CNCC(CN)c1cc(C(=O)NCC2C(=O)NC(C)CC2C)c(C)c(N(C)C2CCCCC2)c1. The summed E-state index contributed by atoms with van der Waals surface area (Å²) >= 11 is 0. The molecule has 1 aliphatic heterocycles. The Hall–Kier alpha value is -2.12. The van der Waals surface area contributed by atoms with Crippen LogP contribution in [0.4, 0.5) is 5.69 Å². The van der Waals surface area contributed by atoms with Crippen LogP contribution in [-0.2, 0) is 4.79 Å². The minimum absolute atomic E-state index is 0.0342. The molecule has 7 nitrogen and oxygen atoms in total. The number of nitrogens with zero attached hydrogens (tertiary/aromatic N) is 1. The van der Waals surface area contributed by atoms with Crippen LogP contribution in [0.1, 0.15) is 79.8 Å². The number of carbonyl (C=O) groups is 2. The Morgan fingerprint density at radius 1 is 1.24 bits per heavy atom. The Balaban J connectivity index is 1.88. The van der Waals surface area contributed by atoms with Crippen LogP contribution in [0.5, 0.6) is 0 Å². The zero-order chi connectivity index (χ0) is 24.8. The number of carbonyl (C=O) groups excluding carboxylic acids is 2. The summed E-state index contributed by atoms with van der Waals surface area (Å²) in [7, 11) is 4.09. The Morgan fingerprint density at radius 3 is 2.56 bits per heavy atom. The monoisotopic (exact) mass is 471 g/mol. The minimum atomic E-state index is -0.200. The topological polar surface area (TPSA) is 99.5 Å². The maximum absolute atomic E-state index is 13.4. The first kappa shape index (κ1) is 26.5. The lowest BCUT2D eigenvalue weighted by atomic mass is 9.84. The average molecular weight is 472 g/mol. The summed E-state index contributed by atoms with van der Waals surface area (Å²) in [5.41, 5.74) is 9.99. The fourth-order valence-corrected chi connectivity index (χ4v) is 5.79. The van der Waals surface area contributed by atoms with Crippen LogP contribution in [0.25, 0.3) is 0 Å². The number of likely N-dealkylation sites (N-methyl/N-ethyl adjacent to an activating group) is 1. The molecule has 4 unspecified atom stereocenters. The van der Waals surface area contributed by atoms with E-state index in [2.05, 4.69) is 40.9 Å². The molecule has 2 amide bonds. The average Bonchev–Trinajstić information content (AvgIpc) is 2.82. The van der Waals surface area contributed by atoms with Gasteiger partial charge in [0.05, 0.1) is 5.92 Å². The summed E-state index contributed by atoms with van der Waals surface area (Å²) in [5.74, 6) is 0.0839. The van der Waals surface area contributed by atoms with Gasteiger partial charge < -0.3 is 26.6 Å². The zero-order valence-corrected chi connectivity index (χ0v) is 21.7. The van der Waals surface area contributed by atoms with Crippen molar-refractivity contribution in [3.8, 4) is 0 Å². The summed E-state index contributed by atoms with van der Waals surface area (Å²) in [6.07, 6.45) is 7.12. The van der Waals surface area contributed by atoms with E-state index in [4.69, 9.17) is 5.73 Å². The van der Waals surface area contributed by atoms with Crippen LogP contribution >= 0.6 is 0 Å². The van der Waals surface area contributed by atoms with Crippen molar-refractivity contribution in [3.63, 3.8) is 0 Å². The van der Waals surface area contributed by atoms with E-state index in [9.17, 15) is 9.59 Å². The van der Waals surface area contributed by atoms with Crippen molar-refractivity contribution in [2.75, 3.05) is 38.6 Å². The van der Waals surface area contributed by atoms with Crippen LogP contribution in [0.15, 0.2) is 12.1 Å². The van der Waals surface area contributed by atoms with Gasteiger partial charge >= 0.3 is 0 Å². The Morgan fingerprint density at radius 2 is 1.94 bits per heavy atom. The molecule has 3 rings (SSSR count). The number of nitrogens with one attached hydrogen (secondary N) is 3. The number of hydrogen-bond acceptors (Lipinski definition) is 5. The molecular weight excluding hydrogens is 426 g/mol. The highest BCUT2D eigenvalue weighted by atomic mass is 16.2. The molecule has 0 aromatic heterocycles. The van der Waals surface area contributed by atoms with Gasteiger partial charge in [0.15, 0.2) is 0 Å². The van der Waals surface area contributed by atoms with Gasteiger partial charge in [-0.15, -0.1) is 0 Å². The predicted octanol–water partition coefficient (Wildman–Crippen LogP) is 2.92. The van der Waals surface area contributed by atoms with E-state index in [0.717, 1.165) is 29.8 Å². The molecule has 1 aromatic rings. The number of amides is 2. The lowest BCUT2D eigenvalue weighted by molar-refractivity contribution is -0.129. The normalized spacial score (nSPS) is 24.4. The number of rotatable bonds is 9. The molecule has 1 aromatic carbocycles. The van der Waals surface area contributed by atoms with E-state index in [1.807, 2.05) is 27.0 Å². The third-order valence-electron chi connectivity index (χ3n) is 7.98. The fourth-order valence-electron chi connectivity index (χ4n) is 5.79. The molecule has 1 saturated carbocycles. The van der Waals surface area contributed by atoms with Gasteiger partial charge in [0.25, 0.3) is 5.91 Å². The Labute approximate surface area is 205 Å². The number of hydrogen-bond donors (Lipinski definition) is 4. The molecule has 190 valence electrons. The fraction of sp³-hybridized carbons (Fsp3) is 0.704. The standard InChI is InChI=1S/C27H45N5O2/c1-17-11-18(2)31-27(34)24(17)16-30-26(33)23-12-20(21(14-28)15-29-4)13-25(19(23)3)32(5)22-9-7-6-8-10-22/h12-13,17-18,21-22,24,29H,6-11,14-16,28H2,1-5H3,(H,30,33)(H,31,34). The highest BCUT2D eigenvalue weighted by Crippen LogP contribution is 2.33. The van der Waals surface area contributed by atoms with E-state index >= 15 is 0 Å². The minimum Gasteiger partial charge on any atom is -0.371 e. The van der Waals surface area contributed by atoms with Gasteiger partial charge in [-0.05, 0) is 69.3 Å². The van der Waals surface area contributed by atoms with E-state index in [-0.39, 0.29) is 35.6 Å². The molecule has 7 heteroatoms. The lowest BCUT2D eigenvalue weighted by Crippen LogP contribution is -2.50. The summed E-state index contributed by atoms with van der Waals surface area (Å²) in [6, 6.07) is 4.91. The maximum atomic E-state index is 13.4. The Kier molecular flexibility index (Phi) is 9.37. The van der Waals surface area contributed by atoms with Crippen molar-refractivity contribution in [1.82, 2.24) is 16.0 Å². The molecule has 1 saturated heterocycles. The highest BCUT2D eigenvalue weighted by molar-refractivity contribution is 5.97. The second-order valence-corrected chi connectivity index (χ2v) is 10.5. The summed E-state index contributed by atoms with van der Waals surface area (Å²) in [5, 5.41) is 9.34. The number of piperidine rings is 1. The number of anilines is 1. The molecular formula is C27H45N5O2. The first-order chi connectivity index (χ1) is 16.3. The molecule has 0 bridgehead atoms. The number of benzene rings is 1. The van der Waals surface area contributed by atoms with Crippen LogP contribution in [-0.4, -0.2) is 57.6 Å². The number of nitrogens with two attached hydrogens (primary N) is 1. The van der Waals surface area contributed by atoms with E-state index in [1.165, 1.54) is 32.1 Å². The van der Waals surface area contributed by atoms with E-state index in [0.29, 0.717) is 24.7 Å². The molecule has 1 aliphatic carbocycles. The van der Waals surface area contributed by atoms with Crippen LogP contribution < -0.4 is 26.6 Å². The smallest absolute Gasteiger partial charge is 0.251 e. The molecule has 5 N–H and O–H groups in total. The van der Waals surface area contributed by atoms with Gasteiger partial charge in [-0.2, -0.15) is 0 Å². The molecule has 4 atom stereocenters. The van der Waals surface area contributed by atoms with E-state index in [1.54, 1.807) is 0 Å². The quantitative estimate of drug-likeness (QED) is 0.444. The second kappa shape index (κ2) is 12.0. The van der Waals surface area contributed by atoms with Crippen LogP contribution in [0.2, 0.25) is 0 Å². The molecule has 0 spiro atoms. The van der Waals surface area contributed by atoms with Crippen molar-refractivity contribution < 1.29 is 9.59 Å². The largest absolute Gasteiger partial charge is 0.371 e. The third kappa shape index (κ3) is 6.11. The molecule has 2 aliphatic rings. The van der Waals surface area contributed by atoms with Crippen LogP contribution in [0, 0.1) is 18.8 Å². The van der Waals surface area contributed by atoms with Gasteiger partial charge in [-0.25, -0.2) is 0 Å². The molecule has 2 fully saturated rings. The summed E-state index contributed by atoms with van der Waals surface area (Å²) < 4.78 is 0. The first-order valence-corrected chi connectivity index (χ1v) is 13.1. The van der Waals surface area contributed by atoms with Crippen molar-refractivity contribution in [1.29, 1.82) is 0 Å². The van der Waals surface area contributed by atoms with Gasteiger partial charge in [0.2, 0.25) is 5.91 Å². The first-order valence-electron chi connectivity index (χ1n) is 13.1. The second-order valence-electron chi connectivity index (χ2n) is 10.5. The maximum Gasteiger partial charge on any atom is 0.251 e. The van der Waals surface area contributed by atoms with Gasteiger partial charge in [0.1, 0.15) is 0 Å². The van der Waals surface area contributed by atoms with Crippen molar-refractivity contribution in [3.05, 3.63) is 28.8 Å². The highest BCUT2D eigenvalue weighted by Gasteiger charge is 2.32. The molecule has 34 heavy (non-hydrogen) atoms. The van der Waals surface area contributed by atoms with Gasteiger partial charge in [0, 0.05) is 55.9 Å². The summed E-state index contributed by atoms with van der Waals surface area (Å²) in [6.45, 7) is 7.79. The lowest BCUT2D eigenvalue weighted by Gasteiger charge is -2.35. The predicted molar refractivity (Wildman–Crippen MR) is 139 cm³/mol.